The lowest BCUT2D eigenvalue weighted by molar-refractivity contribution is -0.120. The molecule has 0 saturated carbocycles. The van der Waals surface area contributed by atoms with Gasteiger partial charge in [0.25, 0.3) is 0 Å². The van der Waals surface area contributed by atoms with Crippen LogP contribution in [0.1, 0.15) is 13.8 Å². The van der Waals surface area contributed by atoms with E-state index < -0.39 is 18.0 Å². The van der Waals surface area contributed by atoms with Crippen LogP contribution in [0.15, 0.2) is 24.3 Å². The molecule has 0 aromatic heterocycles. The molecule has 3 N–H and O–H groups in total. The molecule has 0 radical (unpaired) electrons. The SMILES string of the molecule is CCOc1ccc(NC(C)C(=O)NC(=O)NC)cc1. The summed E-state index contributed by atoms with van der Waals surface area (Å²) < 4.78 is 5.32. The summed E-state index contributed by atoms with van der Waals surface area (Å²) in [7, 11) is 1.45. The van der Waals surface area contributed by atoms with Gasteiger partial charge in [-0.2, -0.15) is 0 Å². The molecule has 0 aliphatic heterocycles. The predicted octanol–water partition coefficient (Wildman–Crippen LogP) is 1.34. The summed E-state index contributed by atoms with van der Waals surface area (Å²) in [6.45, 7) is 4.20. The van der Waals surface area contributed by atoms with Crippen molar-refractivity contribution in [2.75, 3.05) is 19.0 Å². The zero-order valence-corrected chi connectivity index (χ0v) is 11.3. The van der Waals surface area contributed by atoms with Crippen molar-refractivity contribution in [1.29, 1.82) is 0 Å². The quantitative estimate of drug-likeness (QED) is 0.750. The molecule has 1 unspecified atom stereocenters. The third kappa shape index (κ3) is 4.87. The lowest BCUT2D eigenvalue weighted by Gasteiger charge is -2.14. The van der Waals surface area contributed by atoms with E-state index in [2.05, 4.69) is 16.0 Å². The molecule has 1 aromatic rings. The second kappa shape index (κ2) is 7.25. The molecule has 0 spiro atoms. The first kappa shape index (κ1) is 14.8. The molecule has 0 heterocycles. The number of anilines is 1. The van der Waals surface area contributed by atoms with Crippen LogP contribution in [-0.2, 0) is 4.79 Å². The van der Waals surface area contributed by atoms with Crippen molar-refractivity contribution in [1.82, 2.24) is 10.6 Å². The monoisotopic (exact) mass is 265 g/mol. The van der Waals surface area contributed by atoms with Gasteiger partial charge in [-0.3, -0.25) is 10.1 Å². The third-order valence-electron chi connectivity index (χ3n) is 2.41. The van der Waals surface area contributed by atoms with Crippen LogP contribution in [0.2, 0.25) is 0 Å². The number of carbonyl (C=O) groups excluding carboxylic acids is 2. The molecule has 0 aliphatic rings. The van der Waals surface area contributed by atoms with Crippen molar-refractivity contribution in [3.8, 4) is 5.75 Å². The number of rotatable bonds is 5. The van der Waals surface area contributed by atoms with Gasteiger partial charge in [0.15, 0.2) is 0 Å². The number of carbonyl (C=O) groups is 2. The lowest BCUT2D eigenvalue weighted by Crippen LogP contribution is -2.44. The summed E-state index contributed by atoms with van der Waals surface area (Å²) in [4.78, 5) is 22.6. The summed E-state index contributed by atoms with van der Waals surface area (Å²) in [6, 6.07) is 6.22. The van der Waals surface area contributed by atoms with Crippen LogP contribution in [0, 0.1) is 0 Å². The average Bonchev–Trinajstić information content (AvgIpc) is 2.41. The van der Waals surface area contributed by atoms with Gasteiger partial charge >= 0.3 is 6.03 Å². The summed E-state index contributed by atoms with van der Waals surface area (Å²) in [5.74, 6) is 0.378. The predicted molar refractivity (Wildman–Crippen MR) is 73.3 cm³/mol. The Balaban J connectivity index is 2.53. The second-order valence-corrected chi connectivity index (χ2v) is 3.89. The van der Waals surface area contributed by atoms with Gasteiger partial charge < -0.3 is 15.4 Å². The van der Waals surface area contributed by atoms with Crippen molar-refractivity contribution < 1.29 is 14.3 Å². The highest BCUT2D eigenvalue weighted by Gasteiger charge is 2.14. The van der Waals surface area contributed by atoms with Crippen LogP contribution < -0.4 is 20.7 Å². The maximum Gasteiger partial charge on any atom is 0.321 e. The molecule has 3 amide bonds. The standard InChI is InChI=1S/C13H19N3O3/c1-4-19-11-7-5-10(6-8-11)15-9(2)12(17)16-13(18)14-3/h5-9,15H,4H2,1-3H3,(H2,14,16,17,18). The van der Waals surface area contributed by atoms with Gasteiger partial charge in [-0.15, -0.1) is 0 Å². The Bertz CT molecular complexity index is 431. The molecule has 0 aliphatic carbocycles. The molecule has 1 atom stereocenters. The molecule has 19 heavy (non-hydrogen) atoms. The molecule has 6 heteroatoms. The van der Waals surface area contributed by atoms with E-state index in [4.69, 9.17) is 4.74 Å². The minimum atomic E-state index is -0.523. The molecule has 0 bridgehead atoms. The van der Waals surface area contributed by atoms with E-state index in [-0.39, 0.29) is 0 Å². The summed E-state index contributed by atoms with van der Waals surface area (Å²) in [6.07, 6.45) is 0. The van der Waals surface area contributed by atoms with Crippen LogP contribution in [0.3, 0.4) is 0 Å². The fraction of sp³-hybridized carbons (Fsp3) is 0.385. The smallest absolute Gasteiger partial charge is 0.321 e. The Labute approximate surface area is 112 Å². The Kier molecular flexibility index (Phi) is 5.66. The Morgan fingerprint density at radius 3 is 2.42 bits per heavy atom. The van der Waals surface area contributed by atoms with Gasteiger partial charge in [-0.25, -0.2) is 4.79 Å². The number of urea groups is 1. The van der Waals surface area contributed by atoms with Crippen LogP contribution >= 0.6 is 0 Å². The maximum atomic E-state index is 11.6. The highest BCUT2D eigenvalue weighted by Crippen LogP contribution is 2.16. The van der Waals surface area contributed by atoms with E-state index in [0.717, 1.165) is 11.4 Å². The lowest BCUT2D eigenvalue weighted by atomic mass is 10.2. The molecule has 104 valence electrons. The van der Waals surface area contributed by atoms with Crippen molar-refractivity contribution >= 4 is 17.6 Å². The molecule has 6 nitrogen and oxygen atoms in total. The fourth-order valence-corrected chi connectivity index (χ4v) is 1.41. The first-order chi connectivity index (χ1) is 9.06. The van der Waals surface area contributed by atoms with E-state index in [1.807, 2.05) is 31.2 Å². The first-order valence-corrected chi connectivity index (χ1v) is 6.08. The molecule has 1 rings (SSSR count). The second-order valence-electron chi connectivity index (χ2n) is 3.89. The number of amides is 3. The van der Waals surface area contributed by atoms with E-state index in [9.17, 15) is 9.59 Å². The van der Waals surface area contributed by atoms with Crippen LogP contribution in [-0.4, -0.2) is 31.6 Å². The number of hydrogen-bond acceptors (Lipinski definition) is 4. The van der Waals surface area contributed by atoms with Crippen molar-refractivity contribution in [3.05, 3.63) is 24.3 Å². The third-order valence-corrected chi connectivity index (χ3v) is 2.41. The van der Waals surface area contributed by atoms with Crippen LogP contribution in [0.5, 0.6) is 5.75 Å². The normalized spacial score (nSPS) is 11.3. The largest absolute Gasteiger partial charge is 0.494 e. The van der Waals surface area contributed by atoms with Gasteiger partial charge in [0.1, 0.15) is 11.8 Å². The molecule has 1 aromatic carbocycles. The Morgan fingerprint density at radius 1 is 1.26 bits per heavy atom. The number of hydrogen-bond donors (Lipinski definition) is 3. The van der Waals surface area contributed by atoms with Crippen LogP contribution in [0.4, 0.5) is 10.5 Å². The highest BCUT2D eigenvalue weighted by molar-refractivity contribution is 5.97. The number of imide groups is 1. The van der Waals surface area contributed by atoms with Gasteiger partial charge in [-0.1, -0.05) is 0 Å². The molecule has 0 saturated heterocycles. The molecule has 0 fully saturated rings. The topological polar surface area (TPSA) is 79.5 Å². The number of benzene rings is 1. The summed E-state index contributed by atoms with van der Waals surface area (Å²) >= 11 is 0. The first-order valence-electron chi connectivity index (χ1n) is 6.08. The Morgan fingerprint density at radius 2 is 1.89 bits per heavy atom. The van der Waals surface area contributed by atoms with E-state index in [1.54, 1.807) is 6.92 Å². The van der Waals surface area contributed by atoms with Gasteiger partial charge in [-0.05, 0) is 38.1 Å². The molecular formula is C13H19N3O3. The van der Waals surface area contributed by atoms with Gasteiger partial charge in [0.2, 0.25) is 5.91 Å². The highest BCUT2D eigenvalue weighted by atomic mass is 16.5. The number of ether oxygens (including phenoxy) is 1. The fourth-order valence-electron chi connectivity index (χ4n) is 1.41. The Hall–Kier alpha value is -2.24. The van der Waals surface area contributed by atoms with E-state index >= 15 is 0 Å². The minimum Gasteiger partial charge on any atom is -0.494 e. The zero-order valence-electron chi connectivity index (χ0n) is 11.3. The van der Waals surface area contributed by atoms with Gasteiger partial charge in [0, 0.05) is 12.7 Å². The van der Waals surface area contributed by atoms with Crippen molar-refractivity contribution in [3.63, 3.8) is 0 Å². The summed E-state index contributed by atoms with van der Waals surface area (Å²) in [5.41, 5.74) is 0.781. The van der Waals surface area contributed by atoms with Crippen LogP contribution in [0.25, 0.3) is 0 Å². The number of nitrogens with one attached hydrogen (secondary N) is 3. The average molecular weight is 265 g/mol. The maximum absolute atomic E-state index is 11.6. The van der Waals surface area contributed by atoms with Gasteiger partial charge in [0.05, 0.1) is 6.61 Å². The minimum absolute atomic E-state index is 0.395. The van der Waals surface area contributed by atoms with Crippen molar-refractivity contribution in [2.45, 2.75) is 19.9 Å². The van der Waals surface area contributed by atoms with E-state index in [1.165, 1.54) is 7.05 Å². The zero-order chi connectivity index (χ0) is 14.3. The van der Waals surface area contributed by atoms with Crippen molar-refractivity contribution in [2.24, 2.45) is 0 Å². The molecular weight excluding hydrogens is 246 g/mol. The van der Waals surface area contributed by atoms with E-state index in [0.29, 0.717) is 6.61 Å². The summed E-state index contributed by atoms with van der Waals surface area (Å²) in [5, 5.41) is 7.52.